The minimum Gasteiger partial charge on any atom is -0.497 e. The number of hydrazone groups is 1. The van der Waals surface area contributed by atoms with Crippen LogP contribution in [0.3, 0.4) is 0 Å². The molecule has 4 aromatic carbocycles. The van der Waals surface area contributed by atoms with E-state index in [9.17, 15) is 9.59 Å². The van der Waals surface area contributed by atoms with E-state index in [4.69, 9.17) is 14.6 Å². The molecule has 1 aromatic heterocycles. The highest BCUT2D eigenvalue weighted by Crippen LogP contribution is 2.35. The molecule has 46 heavy (non-hydrogen) atoms. The molecular weight excluding hydrogens is 600 g/mol. The summed E-state index contributed by atoms with van der Waals surface area (Å²) in [7, 11) is 3.25. The molecule has 1 N–H and O–H groups in total. The third kappa shape index (κ3) is 6.79. The van der Waals surface area contributed by atoms with Crippen LogP contribution in [0.1, 0.15) is 39.8 Å². The summed E-state index contributed by atoms with van der Waals surface area (Å²) in [6.07, 6.45) is 0.556. The summed E-state index contributed by atoms with van der Waals surface area (Å²) in [5.41, 5.74) is 4.07. The summed E-state index contributed by atoms with van der Waals surface area (Å²) in [6.45, 7) is 0.158. The molecule has 0 saturated heterocycles. The molecule has 1 aliphatic rings. The Morgan fingerprint density at radius 1 is 0.826 bits per heavy atom. The molecule has 232 valence electrons. The summed E-state index contributed by atoms with van der Waals surface area (Å²) in [4.78, 5) is 26.6. The number of nitrogens with one attached hydrogen (secondary N) is 1. The number of para-hydroxylation sites is 1. The standard InChI is InChI=1S/C35H32N6O4S/c1-44-28-17-13-24(14-18-28)30-21-31(25-15-19-29(45-2)20-16-25)41(39-30)33(42)23-46-35-38-37-32(40(35)27-11-7-4-8-12-27)22-36-34(43)26-9-5-3-6-10-26/h3-20,31H,21-23H2,1-2H3,(H,36,43)/t31-/m0/s1. The van der Waals surface area contributed by atoms with Gasteiger partial charge in [0.25, 0.3) is 11.8 Å². The molecule has 0 aliphatic carbocycles. The lowest BCUT2D eigenvalue weighted by molar-refractivity contribution is -0.130. The number of rotatable bonds is 11. The first-order chi connectivity index (χ1) is 22.5. The lowest BCUT2D eigenvalue weighted by Crippen LogP contribution is -2.28. The van der Waals surface area contributed by atoms with Crippen LogP contribution in [0.25, 0.3) is 5.69 Å². The lowest BCUT2D eigenvalue weighted by atomic mass is 9.98. The van der Waals surface area contributed by atoms with E-state index in [-0.39, 0.29) is 30.2 Å². The van der Waals surface area contributed by atoms with Crippen molar-refractivity contribution in [3.63, 3.8) is 0 Å². The van der Waals surface area contributed by atoms with E-state index < -0.39 is 0 Å². The van der Waals surface area contributed by atoms with E-state index in [1.165, 1.54) is 11.8 Å². The molecular formula is C35H32N6O4S. The van der Waals surface area contributed by atoms with Crippen molar-refractivity contribution in [1.82, 2.24) is 25.1 Å². The third-order valence-corrected chi connectivity index (χ3v) is 8.49. The Labute approximate surface area is 271 Å². The zero-order valence-corrected chi connectivity index (χ0v) is 26.2. The van der Waals surface area contributed by atoms with Gasteiger partial charge in [-0.25, -0.2) is 5.01 Å². The van der Waals surface area contributed by atoms with Crippen LogP contribution in [-0.4, -0.2) is 57.3 Å². The SMILES string of the molecule is COc1ccc(C2=NN(C(=O)CSc3nnc(CNC(=O)c4ccccc4)n3-c3ccccc3)[C@H](c3ccc(OC)cc3)C2)cc1. The molecule has 11 heteroatoms. The van der Waals surface area contributed by atoms with Gasteiger partial charge in [0.1, 0.15) is 11.5 Å². The zero-order valence-electron chi connectivity index (χ0n) is 25.4. The van der Waals surface area contributed by atoms with Gasteiger partial charge in [-0.1, -0.05) is 60.3 Å². The molecule has 0 spiro atoms. The van der Waals surface area contributed by atoms with Crippen LogP contribution in [0.2, 0.25) is 0 Å². The Hall–Kier alpha value is -5.42. The van der Waals surface area contributed by atoms with Crippen LogP contribution in [-0.2, 0) is 11.3 Å². The van der Waals surface area contributed by atoms with Gasteiger partial charge >= 0.3 is 0 Å². The molecule has 10 nitrogen and oxygen atoms in total. The van der Waals surface area contributed by atoms with Gasteiger partial charge in [0.05, 0.1) is 38.3 Å². The van der Waals surface area contributed by atoms with Crippen LogP contribution in [0.15, 0.2) is 119 Å². The Balaban J connectivity index is 1.23. The van der Waals surface area contributed by atoms with Crippen LogP contribution in [0, 0.1) is 0 Å². The van der Waals surface area contributed by atoms with Gasteiger partial charge in [0, 0.05) is 17.7 Å². The van der Waals surface area contributed by atoms with Gasteiger partial charge in [-0.15, -0.1) is 10.2 Å². The summed E-state index contributed by atoms with van der Waals surface area (Å²) in [5, 5.41) is 18.6. The average Bonchev–Trinajstić information content (AvgIpc) is 3.75. The molecule has 2 heterocycles. The zero-order chi connectivity index (χ0) is 31.9. The highest BCUT2D eigenvalue weighted by Gasteiger charge is 2.33. The monoisotopic (exact) mass is 632 g/mol. The van der Waals surface area contributed by atoms with Crippen molar-refractivity contribution in [2.45, 2.75) is 24.2 Å². The average molecular weight is 633 g/mol. The maximum Gasteiger partial charge on any atom is 0.253 e. The maximum absolute atomic E-state index is 13.9. The van der Waals surface area contributed by atoms with E-state index in [0.29, 0.717) is 23.0 Å². The van der Waals surface area contributed by atoms with Crippen molar-refractivity contribution in [2.24, 2.45) is 5.10 Å². The second kappa shape index (κ2) is 14.1. The number of nitrogens with zero attached hydrogens (tertiary/aromatic N) is 5. The Morgan fingerprint density at radius 3 is 2.11 bits per heavy atom. The first-order valence-electron chi connectivity index (χ1n) is 14.7. The van der Waals surface area contributed by atoms with Gasteiger partial charge < -0.3 is 14.8 Å². The van der Waals surface area contributed by atoms with Gasteiger partial charge in [-0.3, -0.25) is 14.2 Å². The summed E-state index contributed by atoms with van der Waals surface area (Å²) >= 11 is 1.27. The second-order valence-electron chi connectivity index (χ2n) is 10.4. The number of carbonyl (C=O) groups excluding carboxylic acids is 2. The van der Waals surface area contributed by atoms with E-state index in [1.807, 2.05) is 102 Å². The number of benzene rings is 4. The smallest absolute Gasteiger partial charge is 0.253 e. The highest BCUT2D eigenvalue weighted by molar-refractivity contribution is 7.99. The van der Waals surface area contributed by atoms with E-state index >= 15 is 0 Å². The van der Waals surface area contributed by atoms with Gasteiger partial charge in [0.2, 0.25) is 0 Å². The molecule has 2 amide bonds. The Morgan fingerprint density at radius 2 is 1.46 bits per heavy atom. The fraction of sp³-hybridized carbons (Fsp3) is 0.171. The number of methoxy groups -OCH3 is 2. The van der Waals surface area contributed by atoms with Crippen molar-refractivity contribution < 1.29 is 19.1 Å². The first-order valence-corrected chi connectivity index (χ1v) is 15.7. The number of hydrogen-bond acceptors (Lipinski definition) is 8. The highest BCUT2D eigenvalue weighted by atomic mass is 32.2. The molecule has 0 radical (unpaired) electrons. The largest absolute Gasteiger partial charge is 0.497 e. The van der Waals surface area contributed by atoms with Gasteiger partial charge in [-0.05, 0) is 71.8 Å². The molecule has 1 atom stereocenters. The number of aromatic nitrogens is 3. The Kier molecular flexibility index (Phi) is 9.40. The van der Waals surface area contributed by atoms with Crippen LogP contribution >= 0.6 is 11.8 Å². The molecule has 0 unspecified atom stereocenters. The number of thioether (sulfide) groups is 1. The van der Waals surface area contributed by atoms with Crippen molar-refractivity contribution in [3.8, 4) is 17.2 Å². The maximum atomic E-state index is 13.9. The molecule has 1 aliphatic heterocycles. The molecule has 0 bridgehead atoms. The van der Waals surface area contributed by atoms with Gasteiger partial charge in [-0.2, -0.15) is 5.10 Å². The fourth-order valence-corrected chi connectivity index (χ4v) is 6.00. The lowest BCUT2D eigenvalue weighted by Gasteiger charge is -2.22. The number of carbonyl (C=O) groups is 2. The molecule has 6 rings (SSSR count). The first kappa shape index (κ1) is 30.6. The van der Waals surface area contributed by atoms with Crippen molar-refractivity contribution in [3.05, 3.63) is 132 Å². The van der Waals surface area contributed by atoms with Crippen LogP contribution < -0.4 is 14.8 Å². The quantitative estimate of drug-likeness (QED) is 0.187. The fourth-order valence-electron chi connectivity index (χ4n) is 5.17. The van der Waals surface area contributed by atoms with E-state index in [0.717, 1.165) is 34.0 Å². The van der Waals surface area contributed by atoms with Crippen LogP contribution in [0.4, 0.5) is 0 Å². The Bertz CT molecular complexity index is 1830. The second-order valence-corrected chi connectivity index (χ2v) is 11.4. The van der Waals surface area contributed by atoms with Crippen molar-refractivity contribution in [1.29, 1.82) is 0 Å². The number of amides is 2. The predicted octanol–water partition coefficient (Wildman–Crippen LogP) is 5.68. The predicted molar refractivity (Wildman–Crippen MR) is 176 cm³/mol. The normalized spacial score (nSPS) is 14.1. The minimum absolute atomic E-state index is 0.0768. The van der Waals surface area contributed by atoms with E-state index in [1.54, 1.807) is 31.4 Å². The summed E-state index contributed by atoms with van der Waals surface area (Å²) in [6, 6.07) is 33.7. The number of ether oxygens (including phenoxy) is 2. The number of hydrogen-bond donors (Lipinski definition) is 1. The van der Waals surface area contributed by atoms with Crippen molar-refractivity contribution in [2.75, 3.05) is 20.0 Å². The van der Waals surface area contributed by atoms with Crippen LogP contribution in [0.5, 0.6) is 11.5 Å². The molecule has 5 aromatic rings. The van der Waals surface area contributed by atoms with Gasteiger partial charge in [0.15, 0.2) is 11.0 Å². The van der Waals surface area contributed by atoms with E-state index in [2.05, 4.69) is 15.5 Å². The van der Waals surface area contributed by atoms with Crippen molar-refractivity contribution >= 4 is 29.3 Å². The molecule has 0 fully saturated rings. The summed E-state index contributed by atoms with van der Waals surface area (Å²) < 4.78 is 12.5. The minimum atomic E-state index is -0.285. The third-order valence-electron chi connectivity index (χ3n) is 7.57. The molecule has 0 saturated carbocycles. The summed E-state index contributed by atoms with van der Waals surface area (Å²) in [5.74, 6) is 1.73. The topological polar surface area (TPSA) is 111 Å².